The summed E-state index contributed by atoms with van der Waals surface area (Å²) in [4.78, 5) is 72.6. The molecule has 250 valence electrons. The number of rotatable bonds is 13. The van der Waals surface area contributed by atoms with Gasteiger partial charge in [-0.1, -0.05) is 34.1 Å². The van der Waals surface area contributed by atoms with Crippen molar-refractivity contribution >= 4 is 41.0 Å². The lowest BCUT2D eigenvalue weighted by Gasteiger charge is -2.68. The maximum atomic E-state index is 13.9. The molecule has 3 unspecified atom stereocenters. The molecule has 2 bridgehead atoms. The van der Waals surface area contributed by atoms with E-state index in [1.807, 2.05) is 39.6 Å². The summed E-state index contributed by atoms with van der Waals surface area (Å²) in [6.07, 6.45) is 3.94. The largest absolute Gasteiger partial charge is 0.469 e. The summed E-state index contributed by atoms with van der Waals surface area (Å²) in [5, 5.41) is 8.15. The molecule has 2 N–H and O–H groups in total. The monoisotopic (exact) mass is 647 g/mol. The number of likely N-dealkylation sites (tertiary alicyclic amines) is 1. The molecule has 45 heavy (non-hydrogen) atoms. The van der Waals surface area contributed by atoms with Crippen molar-refractivity contribution in [3.8, 4) is 0 Å². The Labute approximate surface area is 270 Å². The van der Waals surface area contributed by atoms with Crippen LogP contribution in [0.3, 0.4) is 0 Å². The fourth-order valence-corrected chi connectivity index (χ4v) is 8.09. The molecule has 4 aliphatic rings. The molecule has 0 radical (unpaired) electrons. The van der Waals surface area contributed by atoms with Crippen molar-refractivity contribution in [3.05, 3.63) is 16.1 Å². The van der Waals surface area contributed by atoms with Crippen molar-refractivity contribution in [3.63, 3.8) is 0 Å². The molecule has 0 spiro atoms. The summed E-state index contributed by atoms with van der Waals surface area (Å²) in [5.74, 6) is -1.57. The van der Waals surface area contributed by atoms with Crippen molar-refractivity contribution in [1.29, 1.82) is 0 Å². The Morgan fingerprint density at radius 1 is 1.11 bits per heavy atom. The summed E-state index contributed by atoms with van der Waals surface area (Å²) in [6.45, 7) is 9.98. The van der Waals surface area contributed by atoms with Crippen LogP contribution in [0.1, 0.15) is 101 Å². The van der Waals surface area contributed by atoms with Crippen LogP contribution in [0.4, 0.5) is 0 Å². The fourth-order valence-electron chi connectivity index (χ4n) is 7.25. The van der Waals surface area contributed by atoms with Gasteiger partial charge in [0.1, 0.15) is 16.7 Å². The van der Waals surface area contributed by atoms with E-state index in [2.05, 4.69) is 15.6 Å². The number of hydrogen-bond donors (Lipinski definition) is 2. The maximum absolute atomic E-state index is 13.9. The maximum Gasteiger partial charge on any atom is 0.312 e. The standard InChI is InChI=1S/C32H49N5O7S/c1-18(2)23(37(7)29(41)25(19(3)4)34-27(40)22-11-9-10-12-36(22)6)13-24(44-20(5)38)28-33-21(14-45-28)26(39)35-32-15-31(16-32,17-32)30(42)43-8/h14,18-19,22-25H,9-13,15-17H2,1-8H3,(H,34,40)(H,35,39)/t22-,23?,24?,25?,31?,32?/m1/s1. The Bertz CT molecular complexity index is 1280. The van der Waals surface area contributed by atoms with Gasteiger partial charge in [-0.2, -0.15) is 0 Å². The van der Waals surface area contributed by atoms with Crippen LogP contribution >= 0.6 is 11.3 Å². The van der Waals surface area contributed by atoms with Gasteiger partial charge in [-0.15, -0.1) is 11.3 Å². The summed E-state index contributed by atoms with van der Waals surface area (Å²) in [5.41, 5.74) is -0.677. The number of thiazole rings is 1. The third-order valence-corrected chi connectivity index (χ3v) is 10.7. The number of methoxy groups -OCH3 is 1. The average molecular weight is 648 g/mol. The van der Waals surface area contributed by atoms with Crippen LogP contribution in [-0.4, -0.2) is 95.9 Å². The first-order valence-corrected chi connectivity index (χ1v) is 16.8. The number of ether oxygens (including phenoxy) is 2. The van der Waals surface area contributed by atoms with E-state index in [1.54, 1.807) is 17.3 Å². The smallest absolute Gasteiger partial charge is 0.312 e. The van der Waals surface area contributed by atoms with Gasteiger partial charge in [0.2, 0.25) is 11.8 Å². The quantitative estimate of drug-likeness (QED) is 0.308. The van der Waals surface area contributed by atoms with E-state index < -0.39 is 29.1 Å². The van der Waals surface area contributed by atoms with Crippen molar-refractivity contribution in [1.82, 2.24) is 25.4 Å². The van der Waals surface area contributed by atoms with Crippen molar-refractivity contribution in [2.45, 2.75) is 109 Å². The normalized spacial score (nSPS) is 26.1. The highest BCUT2D eigenvalue weighted by molar-refractivity contribution is 7.09. The van der Waals surface area contributed by atoms with Crippen molar-refractivity contribution in [2.24, 2.45) is 17.3 Å². The van der Waals surface area contributed by atoms with Gasteiger partial charge in [-0.3, -0.25) is 28.9 Å². The van der Waals surface area contributed by atoms with Crippen molar-refractivity contribution < 1.29 is 33.4 Å². The molecule has 4 atom stereocenters. The molecule has 4 fully saturated rings. The van der Waals surface area contributed by atoms with E-state index in [0.29, 0.717) is 24.3 Å². The highest BCUT2D eigenvalue weighted by Crippen LogP contribution is 2.67. The van der Waals surface area contributed by atoms with E-state index in [1.165, 1.54) is 25.4 Å². The van der Waals surface area contributed by atoms with E-state index >= 15 is 0 Å². The zero-order valence-corrected chi connectivity index (χ0v) is 28.6. The van der Waals surface area contributed by atoms with Crippen molar-refractivity contribution in [2.75, 3.05) is 27.7 Å². The molecule has 1 saturated heterocycles. The van der Waals surface area contributed by atoms with Crippen LogP contribution < -0.4 is 10.6 Å². The minimum Gasteiger partial charge on any atom is -0.469 e. The van der Waals surface area contributed by atoms with Gasteiger partial charge >= 0.3 is 11.9 Å². The molecule has 1 aliphatic heterocycles. The second kappa shape index (κ2) is 13.7. The van der Waals surface area contributed by atoms with Gasteiger partial charge in [-0.25, -0.2) is 4.98 Å². The highest BCUT2D eigenvalue weighted by atomic mass is 32.1. The molecule has 1 aromatic rings. The van der Waals surface area contributed by atoms with Crippen LogP contribution in [0.2, 0.25) is 0 Å². The Morgan fingerprint density at radius 2 is 1.78 bits per heavy atom. The number of hydrogen-bond acceptors (Lipinski definition) is 10. The summed E-state index contributed by atoms with van der Waals surface area (Å²) in [7, 11) is 5.03. The molecular formula is C32H49N5O7S. The van der Waals surface area contributed by atoms with Gasteiger partial charge in [0.05, 0.1) is 18.6 Å². The van der Waals surface area contributed by atoms with Crippen LogP contribution in [0.5, 0.6) is 0 Å². The molecule has 3 aliphatic carbocycles. The lowest BCUT2D eigenvalue weighted by molar-refractivity contribution is -0.199. The Morgan fingerprint density at radius 3 is 2.33 bits per heavy atom. The van der Waals surface area contributed by atoms with Crippen LogP contribution in [0.15, 0.2) is 5.38 Å². The number of esters is 2. The number of nitrogens with one attached hydrogen (secondary N) is 2. The highest BCUT2D eigenvalue weighted by Gasteiger charge is 2.73. The second-order valence-electron chi connectivity index (χ2n) is 13.9. The summed E-state index contributed by atoms with van der Waals surface area (Å²) >= 11 is 1.22. The van der Waals surface area contributed by atoms with Gasteiger partial charge < -0.3 is 25.0 Å². The number of carbonyl (C=O) groups excluding carboxylic acids is 5. The Hall–Kier alpha value is -3.06. The zero-order valence-electron chi connectivity index (χ0n) is 27.8. The van der Waals surface area contributed by atoms with Crippen LogP contribution in [0.25, 0.3) is 0 Å². The number of nitrogens with zero attached hydrogens (tertiary/aromatic N) is 3. The fraction of sp³-hybridized carbons (Fsp3) is 0.750. The predicted molar refractivity (Wildman–Crippen MR) is 168 cm³/mol. The first-order valence-electron chi connectivity index (χ1n) is 15.9. The number of likely N-dealkylation sites (N-methyl/N-ethyl adjacent to an activating group) is 2. The van der Waals surface area contributed by atoms with Crippen LogP contribution in [-0.2, 0) is 28.7 Å². The molecule has 3 amide bonds. The molecule has 13 heteroatoms. The second-order valence-corrected chi connectivity index (χ2v) is 14.8. The minimum absolute atomic E-state index is 0.0147. The number of carbonyl (C=O) groups is 5. The third kappa shape index (κ3) is 7.34. The number of amides is 3. The van der Waals surface area contributed by atoms with E-state index in [-0.39, 0.29) is 59.7 Å². The Balaban J connectivity index is 1.44. The number of aromatic nitrogens is 1. The lowest BCUT2D eigenvalue weighted by atomic mass is 9.39. The van der Waals surface area contributed by atoms with E-state index in [9.17, 15) is 24.0 Å². The SMILES string of the molecule is COC(=O)C12CC(NC(=O)c3csc(C(CC(C(C)C)N(C)C(=O)C(NC(=O)[C@H]4CCCCN4C)C(C)C)OC(C)=O)n3)(C1)C2. The third-order valence-electron chi connectivity index (χ3n) is 9.74. The zero-order chi connectivity index (χ0) is 33.3. The molecule has 2 heterocycles. The number of piperidine rings is 1. The summed E-state index contributed by atoms with van der Waals surface area (Å²) < 4.78 is 10.6. The lowest BCUT2D eigenvalue weighted by Crippen LogP contribution is -2.77. The molecule has 5 rings (SSSR count). The summed E-state index contributed by atoms with van der Waals surface area (Å²) in [6, 6.07) is -1.32. The van der Waals surface area contributed by atoms with Gasteiger partial charge in [0.25, 0.3) is 5.91 Å². The molecule has 1 aromatic heterocycles. The molecular weight excluding hydrogens is 598 g/mol. The predicted octanol–water partition coefficient (Wildman–Crippen LogP) is 3.07. The van der Waals surface area contributed by atoms with Gasteiger partial charge in [0.15, 0.2) is 6.10 Å². The van der Waals surface area contributed by atoms with E-state index in [4.69, 9.17) is 9.47 Å². The molecule has 0 aromatic carbocycles. The van der Waals surface area contributed by atoms with Gasteiger partial charge in [0, 0.05) is 37.4 Å². The van der Waals surface area contributed by atoms with E-state index in [0.717, 1.165) is 25.8 Å². The molecule has 12 nitrogen and oxygen atoms in total. The van der Waals surface area contributed by atoms with Crippen LogP contribution in [0, 0.1) is 17.3 Å². The Kier molecular flexibility index (Phi) is 10.6. The van der Waals surface area contributed by atoms with Gasteiger partial charge in [-0.05, 0) is 57.5 Å². The average Bonchev–Trinajstić information content (AvgIpc) is 3.44. The topological polar surface area (TPSA) is 147 Å². The first-order chi connectivity index (χ1) is 21.1. The first kappa shape index (κ1) is 34.8. The molecule has 3 saturated carbocycles. The minimum atomic E-state index is -0.780.